The largest absolute Gasteiger partial charge is 0.497 e. The second kappa shape index (κ2) is 12.4. The van der Waals surface area contributed by atoms with E-state index in [9.17, 15) is 14.4 Å². The Hall–Kier alpha value is -3.92. The summed E-state index contributed by atoms with van der Waals surface area (Å²) in [5.41, 5.74) is 13.3. The van der Waals surface area contributed by atoms with Gasteiger partial charge in [0.1, 0.15) is 16.7 Å². The lowest BCUT2D eigenvalue weighted by Crippen LogP contribution is -2.44. The number of nitrogens with two attached hydrogens (primary N) is 2. The summed E-state index contributed by atoms with van der Waals surface area (Å²) < 4.78 is 9.29. The number of para-hydroxylation sites is 1. The first-order valence-corrected chi connectivity index (χ1v) is 12.8. The molecule has 0 aliphatic carbocycles. The van der Waals surface area contributed by atoms with Crippen molar-refractivity contribution in [2.75, 3.05) is 24.3 Å². The Labute approximate surface area is 221 Å². The highest BCUT2D eigenvalue weighted by atomic mass is 32.1. The predicted molar refractivity (Wildman–Crippen MR) is 146 cm³/mol. The monoisotopic (exact) mass is 523 g/mol. The first-order valence-electron chi connectivity index (χ1n) is 12.1. The van der Waals surface area contributed by atoms with Crippen molar-refractivity contribution in [3.63, 3.8) is 0 Å². The fourth-order valence-corrected chi connectivity index (χ4v) is 4.68. The van der Waals surface area contributed by atoms with Crippen LogP contribution >= 0.6 is 11.5 Å². The molecule has 0 saturated heterocycles. The molecule has 1 unspecified atom stereocenters. The van der Waals surface area contributed by atoms with Gasteiger partial charge in [-0.25, -0.2) is 0 Å². The van der Waals surface area contributed by atoms with Gasteiger partial charge >= 0.3 is 0 Å². The number of hydrogen-bond acceptors (Lipinski definition) is 7. The molecule has 9 nitrogen and oxygen atoms in total. The standard InChI is InChI=1S/C27H33N5O4S/c1-5-17-8-6-7-9-20(17)32(27(35)24-21(28)22(25(29)33)31-37-24)23(26(34)30-15-14-16(2)3)18-10-12-19(36-4)13-11-18/h6-13,16,23H,5,14-15,28H2,1-4H3,(H2,29,33)(H,30,34). The third-order valence-electron chi connectivity index (χ3n) is 5.97. The van der Waals surface area contributed by atoms with Crippen LogP contribution in [-0.2, 0) is 11.2 Å². The van der Waals surface area contributed by atoms with E-state index >= 15 is 0 Å². The molecule has 3 amide bonds. The van der Waals surface area contributed by atoms with Gasteiger partial charge in [0.2, 0.25) is 5.91 Å². The van der Waals surface area contributed by atoms with Gasteiger partial charge in [-0.3, -0.25) is 19.3 Å². The van der Waals surface area contributed by atoms with Gasteiger partial charge in [0.15, 0.2) is 5.69 Å². The Bertz CT molecular complexity index is 1260. The molecule has 3 rings (SSSR count). The van der Waals surface area contributed by atoms with Gasteiger partial charge in [0.05, 0.1) is 12.8 Å². The molecule has 3 aromatic rings. The molecule has 5 N–H and O–H groups in total. The van der Waals surface area contributed by atoms with Crippen molar-refractivity contribution in [3.05, 3.63) is 70.2 Å². The fourth-order valence-electron chi connectivity index (χ4n) is 3.93. The molecule has 1 heterocycles. The zero-order chi connectivity index (χ0) is 27.1. The predicted octanol–water partition coefficient (Wildman–Crippen LogP) is 3.95. The van der Waals surface area contributed by atoms with Gasteiger partial charge in [-0.2, -0.15) is 4.37 Å². The van der Waals surface area contributed by atoms with E-state index in [1.807, 2.05) is 19.1 Å². The number of aryl methyl sites for hydroxylation is 1. The molecule has 0 aliphatic heterocycles. The van der Waals surface area contributed by atoms with E-state index in [4.69, 9.17) is 16.2 Å². The molecule has 2 aromatic carbocycles. The first kappa shape index (κ1) is 27.7. The van der Waals surface area contributed by atoms with Crippen LogP contribution in [0.1, 0.15) is 64.5 Å². The van der Waals surface area contributed by atoms with E-state index in [0.29, 0.717) is 35.9 Å². The summed E-state index contributed by atoms with van der Waals surface area (Å²) in [5.74, 6) is -0.715. The molecule has 0 spiro atoms. The van der Waals surface area contributed by atoms with E-state index in [-0.39, 0.29) is 22.2 Å². The Balaban J connectivity index is 2.20. The van der Waals surface area contributed by atoms with Crippen molar-refractivity contribution in [2.45, 2.75) is 39.7 Å². The van der Waals surface area contributed by atoms with E-state index in [0.717, 1.165) is 23.5 Å². The van der Waals surface area contributed by atoms with Crippen molar-refractivity contribution in [3.8, 4) is 5.75 Å². The van der Waals surface area contributed by atoms with E-state index in [1.54, 1.807) is 43.5 Å². The second-order valence-corrected chi connectivity index (χ2v) is 9.72. The molecule has 10 heteroatoms. The van der Waals surface area contributed by atoms with Crippen molar-refractivity contribution in [1.29, 1.82) is 0 Å². The molecule has 0 bridgehead atoms. The van der Waals surface area contributed by atoms with Crippen molar-refractivity contribution in [1.82, 2.24) is 9.69 Å². The molecule has 0 aliphatic rings. The number of nitrogens with zero attached hydrogens (tertiary/aromatic N) is 2. The van der Waals surface area contributed by atoms with Crippen LogP contribution in [0, 0.1) is 5.92 Å². The zero-order valence-corrected chi connectivity index (χ0v) is 22.3. The number of methoxy groups -OCH3 is 1. The van der Waals surface area contributed by atoms with E-state index < -0.39 is 17.9 Å². The lowest BCUT2D eigenvalue weighted by atomic mass is 10.00. The van der Waals surface area contributed by atoms with Gasteiger partial charge in [0.25, 0.3) is 11.8 Å². The van der Waals surface area contributed by atoms with Gasteiger partial charge in [-0.05, 0) is 59.6 Å². The normalized spacial score (nSPS) is 11.7. The topological polar surface area (TPSA) is 141 Å². The summed E-state index contributed by atoms with van der Waals surface area (Å²) in [7, 11) is 1.56. The summed E-state index contributed by atoms with van der Waals surface area (Å²) in [6, 6.07) is 13.3. The third kappa shape index (κ3) is 6.26. The van der Waals surface area contributed by atoms with Crippen LogP contribution in [0.15, 0.2) is 48.5 Å². The highest BCUT2D eigenvalue weighted by Gasteiger charge is 2.36. The lowest BCUT2D eigenvalue weighted by Gasteiger charge is -2.32. The number of aromatic nitrogens is 1. The summed E-state index contributed by atoms with van der Waals surface area (Å²) in [5, 5.41) is 2.99. The number of anilines is 2. The quantitative estimate of drug-likeness (QED) is 0.348. The SMILES string of the molecule is CCc1ccccc1N(C(=O)c1snc(C(N)=O)c1N)C(C(=O)NCCC(C)C)c1ccc(OC)cc1. The maximum Gasteiger partial charge on any atom is 0.273 e. The summed E-state index contributed by atoms with van der Waals surface area (Å²) in [4.78, 5) is 41.2. The molecule has 0 radical (unpaired) electrons. The Morgan fingerprint density at radius 1 is 1.11 bits per heavy atom. The fraction of sp³-hybridized carbons (Fsp3) is 0.333. The third-order valence-corrected chi connectivity index (χ3v) is 6.82. The van der Waals surface area contributed by atoms with Crippen molar-refractivity contribution in [2.24, 2.45) is 11.7 Å². The summed E-state index contributed by atoms with van der Waals surface area (Å²) in [6.45, 7) is 6.57. The molecule has 37 heavy (non-hydrogen) atoms. The van der Waals surface area contributed by atoms with E-state index in [1.165, 1.54) is 4.90 Å². The molecular formula is C27H33N5O4S. The Kier molecular flexibility index (Phi) is 9.24. The average molecular weight is 524 g/mol. The smallest absolute Gasteiger partial charge is 0.273 e. The highest BCUT2D eigenvalue weighted by Crippen LogP contribution is 2.35. The minimum absolute atomic E-state index is 0.0354. The number of hydrogen-bond donors (Lipinski definition) is 3. The molecule has 196 valence electrons. The first-order chi connectivity index (χ1) is 17.7. The summed E-state index contributed by atoms with van der Waals surface area (Å²) in [6.07, 6.45) is 1.40. The van der Waals surface area contributed by atoms with Gasteiger partial charge < -0.3 is 21.5 Å². The molecule has 0 fully saturated rings. The van der Waals surface area contributed by atoms with Gasteiger partial charge in [-0.1, -0.05) is 51.1 Å². The van der Waals surface area contributed by atoms with Crippen LogP contribution in [0.3, 0.4) is 0 Å². The minimum atomic E-state index is -1.03. The Morgan fingerprint density at radius 2 is 1.78 bits per heavy atom. The number of carbonyl (C=O) groups excluding carboxylic acids is 3. The minimum Gasteiger partial charge on any atom is -0.497 e. The number of benzene rings is 2. The second-order valence-electron chi connectivity index (χ2n) is 8.94. The van der Waals surface area contributed by atoms with Crippen molar-refractivity contribution >= 4 is 40.6 Å². The number of ether oxygens (including phenoxy) is 1. The van der Waals surface area contributed by atoms with Gasteiger partial charge in [0, 0.05) is 12.2 Å². The number of primary amides is 1. The zero-order valence-electron chi connectivity index (χ0n) is 21.5. The number of carbonyl (C=O) groups is 3. The Morgan fingerprint density at radius 3 is 2.35 bits per heavy atom. The molecular weight excluding hydrogens is 490 g/mol. The van der Waals surface area contributed by atoms with Gasteiger partial charge in [-0.15, -0.1) is 0 Å². The van der Waals surface area contributed by atoms with Crippen LogP contribution in [0.25, 0.3) is 0 Å². The van der Waals surface area contributed by atoms with Crippen LogP contribution < -0.4 is 26.4 Å². The van der Waals surface area contributed by atoms with Crippen LogP contribution in [0.4, 0.5) is 11.4 Å². The van der Waals surface area contributed by atoms with Crippen molar-refractivity contribution < 1.29 is 19.1 Å². The number of nitrogens with one attached hydrogen (secondary N) is 1. The maximum absolute atomic E-state index is 14.2. The average Bonchev–Trinajstić information content (AvgIpc) is 3.28. The van der Waals surface area contributed by atoms with Crippen LogP contribution in [0.5, 0.6) is 5.75 Å². The highest BCUT2D eigenvalue weighted by molar-refractivity contribution is 7.09. The lowest BCUT2D eigenvalue weighted by molar-refractivity contribution is -0.122. The maximum atomic E-state index is 14.2. The molecule has 1 atom stereocenters. The molecule has 1 aromatic heterocycles. The number of nitrogen functional groups attached to an aromatic ring is 1. The summed E-state index contributed by atoms with van der Waals surface area (Å²) >= 11 is 0.782. The van der Waals surface area contributed by atoms with Crippen LogP contribution in [0.2, 0.25) is 0 Å². The number of rotatable bonds is 11. The number of amides is 3. The van der Waals surface area contributed by atoms with Crippen LogP contribution in [-0.4, -0.2) is 35.7 Å². The van der Waals surface area contributed by atoms with E-state index in [2.05, 4.69) is 23.5 Å². The molecule has 0 saturated carbocycles.